The number of quaternary nitrogens is 1. The van der Waals surface area contributed by atoms with Crippen LogP contribution in [0.15, 0.2) is 35.3 Å². The molecule has 1 aromatic carbocycles. The van der Waals surface area contributed by atoms with E-state index in [0.717, 1.165) is 109 Å². The number of amides is 1. The van der Waals surface area contributed by atoms with Crippen molar-refractivity contribution in [2.24, 2.45) is 10.7 Å². The van der Waals surface area contributed by atoms with Gasteiger partial charge in [0.1, 0.15) is 51.3 Å². The summed E-state index contributed by atoms with van der Waals surface area (Å²) in [6.07, 6.45) is -22.8. The molecule has 1 aromatic rings. The van der Waals surface area contributed by atoms with Gasteiger partial charge in [-0.1, -0.05) is 30.3 Å². The Bertz CT molecular complexity index is 3010. The van der Waals surface area contributed by atoms with Crippen molar-refractivity contribution in [1.29, 1.82) is 0 Å². The molecule has 42 nitrogen and oxygen atoms in total. The minimum absolute atomic E-state index is 0. The number of carbonyl (C=O) groups is 16. The summed E-state index contributed by atoms with van der Waals surface area (Å²) in [5, 5.41) is 46.6. The largest absolute Gasteiger partial charge is 1.00 e. The fourth-order valence-corrected chi connectivity index (χ4v) is 8.25. The van der Waals surface area contributed by atoms with Crippen molar-refractivity contribution in [3.05, 3.63) is 35.9 Å². The first kappa shape index (κ1) is 106. The van der Waals surface area contributed by atoms with Crippen LogP contribution >= 0.6 is 12.4 Å². The standard InChI is InChI=1S/C24H31NO12.C17H23NO11.C16H25NO10.C6H15NO5.2ClH/c1-14(26)32-13-21(35-16(3)28)23(37-18(5)30)22(36-17(4)29)20(34-15(2)27)11-25-24(31)33-12-19-9-7-6-8-10-19;1-9(20)25-7-15(27-11(3)22)17(29-13(5)24)16(28-12(4)23)14(6-18-8-19)26-10(2)21;1-8(18)23-7-14(25-10(3)20)16(27-12(5)22)15(26-11(4)21)13(6-17)24-9(2)19;7-1-3(9)5(11)6(12)4(10)2-8;;/h6-10,20-23H,11-13H2,1-5H3,(H,25,31);14-17H,6-7H2,1-5H3;13-16H,6-7,17H2,1-5H3;3-6,8-12H,1-2,7H2;2*1H/t20-,21+,22+,23+;14-,15+,16+,17+;13-,14+,15+,16+;3-,4+,5+,6+;;/m0000../s1. The third-order valence-electron chi connectivity index (χ3n) is 12.1. The minimum Gasteiger partial charge on any atom is -1.00 e. The van der Waals surface area contributed by atoms with E-state index >= 15 is 0 Å². The topological polar surface area (TPSA) is 617 Å². The molecule has 11 N–H and O–H groups in total. The average Bonchev–Trinajstić information content (AvgIpc) is 0.849. The SMILES string of the molecule is CC(=O)OC[C@@H](OC(C)=O)[C@@H](OC(C)=O)[C@H](OC(C)=O)[C@H](CN=C=O)OC(C)=O.CC(=O)OC[C@@H](OC(C)=O)[C@@H](OC(C)=O)[C@H](OC(C)=O)[C@H](CNC(=O)OCc1ccccc1)OC(C)=O.CC(=O)OC[C@@H](OC(C)=O)[C@@H](OC(C)=O)[C@H](OC(C)=O)[C@H](C[NH3+])OC(C)=O.Cl.NC[C@H](O)[C@@H](O)[C@H](O)[C@H](O)CO.[Cl-]. The second kappa shape index (κ2) is 58.4. The number of isocyanates is 1. The Morgan fingerprint density at radius 3 is 0.963 bits per heavy atom. The third-order valence-corrected chi connectivity index (χ3v) is 12.1. The summed E-state index contributed by atoms with van der Waals surface area (Å²) < 4.78 is 81.5. The lowest BCUT2D eigenvalue weighted by molar-refractivity contribution is -0.390. The number of aliphatic imine (C=N–C) groups is 1. The number of halogens is 2. The minimum atomic E-state index is -1.60. The van der Waals surface area contributed by atoms with Crippen molar-refractivity contribution in [3.63, 3.8) is 0 Å². The number of hydrogen-bond donors (Lipinski definition) is 8. The fraction of sp³-hybridized carbons (Fsp3) is 0.635. The molecule has 0 radical (unpaired) electrons. The summed E-state index contributed by atoms with van der Waals surface area (Å²) in [5.41, 5.74) is 9.33. The molecule has 0 heterocycles. The monoisotopic (exact) mass is 1590 g/mol. The molecule has 0 saturated heterocycles. The molecule has 0 aliphatic rings. The molecule has 1 rings (SSSR count). The molecule has 44 heteroatoms. The van der Waals surface area contributed by atoms with Gasteiger partial charge < -0.3 is 131 Å². The second-order valence-corrected chi connectivity index (χ2v) is 21.4. The molecule has 0 saturated carbocycles. The van der Waals surface area contributed by atoms with Crippen molar-refractivity contribution in [2.45, 2.75) is 208 Å². The zero-order chi connectivity index (χ0) is 81.4. The van der Waals surface area contributed by atoms with Gasteiger partial charge in [-0.25, -0.2) is 14.6 Å². The molecule has 0 bridgehead atoms. The maximum absolute atomic E-state index is 12.3. The van der Waals surface area contributed by atoms with Crippen LogP contribution in [0.2, 0.25) is 0 Å². The number of aliphatic hydroxyl groups is 5. The van der Waals surface area contributed by atoms with Crippen molar-refractivity contribution < 1.29 is 201 Å². The maximum Gasteiger partial charge on any atom is 0.407 e. The van der Waals surface area contributed by atoms with Gasteiger partial charge in [-0.15, -0.1) is 12.4 Å². The van der Waals surface area contributed by atoms with E-state index in [9.17, 15) is 81.5 Å². The van der Waals surface area contributed by atoms with Crippen LogP contribution in [0, 0.1) is 0 Å². The summed E-state index contributed by atoms with van der Waals surface area (Å²) in [4.78, 5) is 199. The summed E-state index contributed by atoms with van der Waals surface area (Å²) in [7, 11) is 0. The van der Waals surface area contributed by atoms with Gasteiger partial charge in [0.2, 0.25) is 6.08 Å². The van der Waals surface area contributed by atoms with Crippen LogP contribution in [-0.2, 0) is 159 Å². The van der Waals surface area contributed by atoms with Crippen LogP contribution in [-0.4, -0.2) is 278 Å². The molecule has 0 aliphatic carbocycles. The molecule has 107 heavy (non-hydrogen) atoms. The van der Waals surface area contributed by atoms with Crippen LogP contribution in [0.3, 0.4) is 0 Å². The molecule has 0 spiro atoms. The molecule has 610 valence electrons. The number of nitrogens with zero attached hydrogens (tertiary/aromatic N) is 1. The number of aliphatic hydroxyl groups excluding tert-OH is 5. The first-order valence-corrected chi connectivity index (χ1v) is 31.2. The van der Waals surface area contributed by atoms with Crippen LogP contribution in [0.5, 0.6) is 0 Å². The lowest BCUT2D eigenvalue weighted by Gasteiger charge is -2.35. The number of nitrogens with two attached hydrogens (primary N) is 1. The molecule has 1 amide bonds. The first-order chi connectivity index (χ1) is 48.9. The summed E-state index contributed by atoms with van der Waals surface area (Å²) >= 11 is 0. The Kier molecular flexibility index (Phi) is 57.8. The van der Waals surface area contributed by atoms with Gasteiger partial charge in [-0.05, 0) is 5.56 Å². The highest BCUT2D eigenvalue weighted by Gasteiger charge is 2.47. The van der Waals surface area contributed by atoms with Gasteiger partial charge in [0.05, 0.1) is 25.8 Å². The summed E-state index contributed by atoms with van der Waals surface area (Å²) in [6.45, 7) is 12.5. The van der Waals surface area contributed by atoms with Gasteiger partial charge in [0.15, 0.2) is 73.2 Å². The summed E-state index contributed by atoms with van der Waals surface area (Å²) in [5.74, 6) is -11.9. The highest BCUT2D eigenvalue weighted by atomic mass is 35.5. The zero-order valence-electron chi connectivity index (χ0n) is 61.2. The van der Waals surface area contributed by atoms with E-state index in [-0.39, 0.29) is 44.5 Å². The number of ether oxygens (including phenoxy) is 16. The quantitative estimate of drug-likeness (QED) is 0.0131. The normalized spacial score (nSPS) is 14.6. The van der Waals surface area contributed by atoms with E-state index in [1.807, 2.05) is 0 Å². The Morgan fingerprint density at radius 2 is 0.682 bits per heavy atom. The van der Waals surface area contributed by atoms with Gasteiger partial charge in [-0.2, -0.15) is 0 Å². The molecule has 0 aliphatic heterocycles. The highest BCUT2D eigenvalue weighted by Crippen LogP contribution is 2.24. The van der Waals surface area contributed by atoms with Crippen molar-refractivity contribution in [3.8, 4) is 0 Å². The maximum atomic E-state index is 12.3. The van der Waals surface area contributed by atoms with Gasteiger partial charge in [0, 0.05) is 110 Å². The smallest absolute Gasteiger partial charge is 0.407 e. The van der Waals surface area contributed by atoms with E-state index < -0.39 is 233 Å². The lowest BCUT2D eigenvalue weighted by atomic mass is 10.0. The van der Waals surface area contributed by atoms with Crippen LogP contribution in [0.25, 0.3) is 0 Å². The summed E-state index contributed by atoms with van der Waals surface area (Å²) in [6, 6.07) is 8.82. The van der Waals surface area contributed by atoms with Crippen molar-refractivity contribution in [1.82, 2.24) is 5.32 Å². The van der Waals surface area contributed by atoms with E-state index in [1.54, 1.807) is 30.3 Å². The van der Waals surface area contributed by atoms with Crippen LogP contribution in [0.4, 0.5) is 4.79 Å². The number of alkyl carbamates (subject to hydrolysis) is 1. The number of esters is 15. The lowest BCUT2D eigenvalue weighted by Crippen LogP contribution is -3.00. The zero-order valence-corrected chi connectivity index (χ0v) is 62.8. The van der Waals surface area contributed by atoms with Gasteiger partial charge >= 0.3 is 95.6 Å². The molecule has 16 atom stereocenters. The van der Waals surface area contributed by atoms with E-state index in [2.05, 4.69) is 16.0 Å². The highest BCUT2D eigenvalue weighted by molar-refractivity contribution is 5.85. The van der Waals surface area contributed by atoms with Crippen LogP contribution < -0.4 is 29.2 Å². The van der Waals surface area contributed by atoms with Crippen LogP contribution in [0.1, 0.15) is 109 Å². The van der Waals surface area contributed by atoms with Gasteiger partial charge in [-0.3, -0.25) is 71.9 Å². The number of rotatable bonds is 39. The Morgan fingerprint density at radius 1 is 0.411 bits per heavy atom. The molecule has 0 unspecified atom stereocenters. The molecule has 0 fully saturated rings. The Balaban J connectivity index is -0.000000452. The predicted molar refractivity (Wildman–Crippen MR) is 349 cm³/mol. The fourth-order valence-electron chi connectivity index (χ4n) is 8.25. The van der Waals surface area contributed by atoms with E-state index in [1.165, 1.54) is 6.08 Å². The first-order valence-electron chi connectivity index (χ1n) is 31.2. The van der Waals surface area contributed by atoms with E-state index in [0.29, 0.717) is 0 Å². The van der Waals surface area contributed by atoms with Crippen molar-refractivity contribution in [2.75, 3.05) is 52.6 Å². The van der Waals surface area contributed by atoms with Gasteiger partial charge in [0.25, 0.3) is 0 Å². The number of nitrogens with one attached hydrogen (secondary N) is 1. The Labute approximate surface area is 625 Å². The second-order valence-electron chi connectivity index (χ2n) is 21.4. The third kappa shape index (κ3) is 51.2. The molecular formula is C63H96Cl2N4O38. The number of benzene rings is 1. The molecular weight excluding hydrogens is 1490 g/mol. The average molecular weight is 1590 g/mol. The number of carbonyl (C=O) groups excluding carboxylic acids is 17. The Hall–Kier alpha value is -9.78. The predicted octanol–water partition coefficient (Wildman–Crippen LogP) is -6.86. The van der Waals surface area contributed by atoms with Crippen molar-refractivity contribution >= 4 is 114 Å². The molecule has 0 aromatic heterocycles. The van der Waals surface area contributed by atoms with E-state index in [4.69, 9.17) is 107 Å². The number of hydrogen-bond acceptors (Lipinski definition) is 40.